The fraction of sp³-hybridized carbons (Fsp3) is 0.211. The predicted molar refractivity (Wildman–Crippen MR) is 99.7 cm³/mol. The van der Waals surface area contributed by atoms with Crippen LogP contribution in [0.15, 0.2) is 42.5 Å². The van der Waals surface area contributed by atoms with E-state index in [2.05, 4.69) is 4.98 Å². The molecule has 5 nitrogen and oxygen atoms in total. The van der Waals surface area contributed by atoms with E-state index in [9.17, 15) is 14.0 Å². The Morgan fingerprint density at radius 1 is 1.12 bits per heavy atom. The summed E-state index contributed by atoms with van der Waals surface area (Å²) in [5.74, 6) is -0.897. The molecule has 1 aliphatic heterocycles. The van der Waals surface area contributed by atoms with Gasteiger partial charge in [-0.25, -0.2) is 19.1 Å². The maximum Gasteiger partial charge on any atom is 0.332 e. The number of carbonyl (C=O) groups is 2. The molecule has 1 saturated heterocycles. The largest absolute Gasteiger partial charge is 0.332 e. The molecule has 0 spiro atoms. The third kappa shape index (κ3) is 2.31. The van der Waals surface area contributed by atoms with Crippen molar-refractivity contribution < 1.29 is 14.0 Å². The van der Waals surface area contributed by atoms with Gasteiger partial charge in [-0.3, -0.25) is 4.79 Å². The van der Waals surface area contributed by atoms with E-state index in [1.807, 2.05) is 24.3 Å². The molecule has 0 N–H and O–H groups in total. The summed E-state index contributed by atoms with van der Waals surface area (Å²) in [6.45, 7) is 3.33. The van der Waals surface area contributed by atoms with Gasteiger partial charge in [0.1, 0.15) is 16.4 Å². The average Bonchev–Trinajstić information content (AvgIpc) is 3.10. The van der Waals surface area contributed by atoms with Gasteiger partial charge in [0, 0.05) is 12.6 Å². The van der Waals surface area contributed by atoms with Crippen molar-refractivity contribution in [1.82, 2.24) is 9.88 Å². The van der Waals surface area contributed by atoms with Crippen molar-refractivity contribution in [2.75, 3.05) is 11.9 Å². The van der Waals surface area contributed by atoms with Crippen LogP contribution in [0.3, 0.4) is 0 Å². The van der Waals surface area contributed by atoms with E-state index >= 15 is 0 Å². The van der Waals surface area contributed by atoms with Gasteiger partial charge in [-0.2, -0.15) is 0 Å². The van der Waals surface area contributed by atoms with Crippen LogP contribution in [0.4, 0.5) is 14.9 Å². The highest BCUT2D eigenvalue weighted by Crippen LogP contribution is 2.35. The maximum absolute atomic E-state index is 14.8. The van der Waals surface area contributed by atoms with Crippen molar-refractivity contribution in [1.29, 1.82) is 0 Å². The van der Waals surface area contributed by atoms with Gasteiger partial charge < -0.3 is 4.90 Å². The highest BCUT2D eigenvalue weighted by Gasteiger charge is 2.50. The molecular formula is C19H16FN3O2S. The van der Waals surface area contributed by atoms with Gasteiger partial charge in [0.15, 0.2) is 0 Å². The molecule has 3 aromatic rings. The molecule has 0 unspecified atom stereocenters. The molecule has 1 aromatic heterocycles. The first kappa shape index (κ1) is 16.7. The third-order valence-corrected chi connectivity index (χ3v) is 5.85. The number of carbonyl (C=O) groups excluding carboxylic acids is 2. The maximum atomic E-state index is 14.8. The second-order valence-corrected chi connectivity index (χ2v) is 7.72. The van der Waals surface area contributed by atoms with E-state index < -0.39 is 17.4 Å². The normalized spacial score (nSPS) is 16.8. The minimum atomic E-state index is -0.959. The summed E-state index contributed by atoms with van der Waals surface area (Å²) in [6, 6.07) is 11.5. The minimum absolute atomic E-state index is 0.222. The van der Waals surface area contributed by atoms with Gasteiger partial charge in [-0.1, -0.05) is 12.1 Å². The second kappa shape index (κ2) is 5.60. The molecule has 0 atom stereocenters. The molecule has 1 fully saturated rings. The predicted octanol–water partition coefficient (Wildman–Crippen LogP) is 4.28. The number of para-hydroxylation sites is 1. The summed E-state index contributed by atoms with van der Waals surface area (Å²) >= 11 is 1.40. The number of anilines is 1. The summed E-state index contributed by atoms with van der Waals surface area (Å²) in [5, 5.41) is 0.562. The summed E-state index contributed by atoms with van der Waals surface area (Å²) in [7, 11) is 1.56. The molecule has 0 radical (unpaired) electrons. The van der Waals surface area contributed by atoms with Crippen molar-refractivity contribution in [2.45, 2.75) is 19.4 Å². The van der Waals surface area contributed by atoms with Gasteiger partial charge in [0.2, 0.25) is 0 Å². The number of nitrogens with zero attached hydrogens (tertiary/aromatic N) is 3. The molecule has 2 heterocycles. The first-order chi connectivity index (χ1) is 12.3. The van der Waals surface area contributed by atoms with Crippen molar-refractivity contribution in [2.24, 2.45) is 0 Å². The summed E-state index contributed by atoms with van der Waals surface area (Å²) in [5.41, 5.74) is 0.421. The summed E-state index contributed by atoms with van der Waals surface area (Å²) < 4.78 is 15.7. The fourth-order valence-corrected chi connectivity index (χ4v) is 3.92. The molecule has 4 rings (SSSR count). The molecule has 0 saturated carbocycles. The number of rotatable bonds is 2. The fourth-order valence-electron chi connectivity index (χ4n) is 2.92. The summed E-state index contributed by atoms with van der Waals surface area (Å²) in [4.78, 5) is 31.8. The number of amides is 3. The Bertz CT molecular complexity index is 1030. The lowest BCUT2D eigenvalue weighted by Gasteiger charge is -2.22. The van der Waals surface area contributed by atoms with Crippen molar-refractivity contribution in [3.05, 3.63) is 48.3 Å². The second-order valence-electron chi connectivity index (χ2n) is 6.69. The van der Waals surface area contributed by atoms with Crippen LogP contribution in [0, 0.1) is 5.82 Å². The lowest BCUT2D eigenvalue weighted by Crippen LogP contribution is -2.41. The molecule has 1 aliphatic rings. The van der Waals surface area contributed by atoms with E-state index in [1.54, 1.807) is 33.0 Å². The number of hydrogen-bond acceptors (Lipinski definition) is 4. The van der Waals surface area contributed by atoms with Gasteiger partial charge >= 0.3 is 6.03 Å². The van der Waals surface area contributed by atoms with Crippen LogP contribution in [0.2, 0.25) is 0 Å². The number of imide groups is 1. The number of hydrogen-bond donors (Lipinski definition) is 0. The summed E-state index contributed by atoms with van der Waals surface area (Å²) in [6.07, 6.45) is 0. The molecule has 0 aliphatic carbocycles. The first-order valence-corrected chi connectivity index (χ1v) is 8.90. The third-order valence-electron chi connectivity index (χ3n) is 4.78. The van der Waals surface area contributed by atoms with Crippen LogP contribution in [0.5, 0.6) is 0 Å². The van der Waals surface area contributed by atoms with E-state index in [4.69, 9.17) is 0 Å². The standard InChI is InChI=1S/C19H16FN3O2S/c1-19(2)17(24)23(18(25)22(19)3)11-8-9-12(13(20)10-11)16-21-14-6-4-5-7-15(14)26-16/h4-10H,1-3H3. The number of halogens is 1. The Morgan fingerprint density at radius 2 is 1.85 bits per heavy atom. The van der Waals surface area contributed by atoms with Gasteiger partial charge in [0.25, 0.3) is 5.91 Å². The van der Waals surface area contributed by atoms with Crippen LogP contribution in [0.1, 0.15) is 13.8 Å². The molecule has 7 heteroatoms. The molecular weight excluding hydrogens is 353 g/mol. The number of fused-ring (bicyclic) bond motifs is 1. The molecule has 26 heavy (non-hydrogen) atoms. The Balaban J connectivity index is 1.75. The first-order valence-electron chi connectivity index (χ1n) is 8.08. The smallest absolute Gasteiger partial charge is 0.313 e. The lowest BCUT2D eigenvalue weighted by atomic mass is 10.0. The monoisotopic (exact) mass is 369 g/mol. The minimum Gasteiger partial charge on any atom is -0.313 e. The van der Waals surface area contributed by atoms with Crippen molar-refractivity contribution >= 4 is 39.2 Å². The van der Waals surface area contributed by atoms with E-state index in [0.29, 0.717) is 10.6 Å². The SMILES string of the molecule is CN1C(=O)N(c2ccc(-c3nc4ccccc4s3)c(F)c2)C(=O)C1(C)C. The number of benzene rings is 2. The lowest BCUT2D eigenvalue weighted by molar-refractivity contribution is -0.123. The average molecular weight is 369 g/mol. The van der Waals surface area contributed by atoms with Gasteiger partial charge in [0.05, 0.1) is 15.9 Å². The zero-order chi connectivity index (χ0) is 18.6. The van der Waals surface area contributed by atoms with Gasteiger partial charge in [-0.15, -0.1) is 11.3 Å². The van der Waals surface area contributed by atoms with E-state index in [1.165, 1.54) is 22.3 Å². The zero-order valence-electron chi connectivity index (χ0n) is 14.5. The van der Waals surface area contributed by atoms with E-state index in [0.717, 1.165) is 15.1 Å². The van der Waals surface area contributed by atoms with Crippen molar-refractivity contribution in [3.63, 3.8) is 0 Å². The van der Waals surface area contributed by atoms with Gasteiger partial charge in [-0.05, 0) is 44.2 Å². The molecule has 3 amide bonds. The highest BCUT2D eigenvalue weighted by molar-refractivity contribution is 7.21. The quantitative estimate of drug-likeness (QED) is 0.634. The molecule has 132 valence electrons. The van der Waals surface area contributed by atoms with Crippen LogP contribution in [-0.2, 0) is 4.79 Å². The molecule has 0 bridgehead atoms. The number of likely N-dealkylation sites (N-methyl/N-ethyl adjacent to an activating group) is 1. The number of thiazole rings is 1. The Labute approximate surface area is 153 Å². The zero-order valence-corrected chi connectivity index (χ0v) is 15.3. The topological polar surface area (TPSA) is 53.5 Å². The number of aromatic nitrogens is 1. The van der Waals surface area contributed by atoms with Crippen molar-refractivity contribution in [3.8, 4) is 10.6 Å². The Morgan fingerprint density at radius 3 is 2.46 bits per heavy atom. The van der Waals surface area contributed by atoms with Crippen LogP contribution in [0.25, 0.3) is 20.8 Å². The highest BCUT2D eigenvalue weighted by atomic mass is 32.1. The van der Waals surface area contributed by atoms with Crippen LogP contribution >= 0.6 is 11.3 Å². The van der Waals surface area contributed by atoms with Crippen LogP contribution in [-0.4, -0.2) is 34.4 Å². The van der Waals surface area contributed by atoms with E-state index in [-0.39, 0.29) is 11.6 Å². The molecule has 2 aromatic carbocycles. The van der Waals surface area contributed by atoms with Crippen LogP contribution < -0.4 is 4.90 Å². The Kier molecular flexibility index (Phi) is 3.59. The Hall–Kier alpha value is -2.80. The number of urea groups is 1.